The number of nitrogen functional groups attached to an aromatic ring is 1. The number of ether oxygens (including phenoxy) is 1. The third kappa shape index (κ3) is 2.97. The lowest BCUT2D eigenvalue weighted by molar-refractivity contribution is 0.161. The quantitative estimate of drug-likeness (QED) is 0.533. The van der Waals surface area contributed by atoms with Crippen LogP contribution in [0.15, 0.2) is 12.1 Å². The van der Waals surface area contributed by atoms with E-state index in [9.17, 15) is 13.6 Å². The minimum absolute atomic E-state index is 0.0648. The van der Waals surface area contributed by atoms with Crippen LogP contribution in [-0.2, 0) is 4.74 Å². The molecule has 0 heterocycles. The predicted molar refractivity (Wildman–Crippen MR) is 54.8 cm³/mol. The van der Waals surface area contributed by atoms with Gasteiger partial charge in [0.1, 0.15) is 6.61 Å². The van der Waals surface area contributed by atoms with Crippen molar-refractivity contribution >= 4 is 17.5 Å². The maximum Gasteiger partial charge on any atom is 0.404 e. The second-order valence-electron chi connectivity index (χ2n) is 2.92. The highest BCUT2D eigenvalue weighted by Gasteiger charge is 2.11. The normalized spacial score (nSPS) is 9.88. The first-order chi connectivity index (χ1) is 7.52. The zero-order chi connectivity index (χ0) is 12.1. The van der Waals surface area contributed by atoms with Crippen molar-refractivity contribution in [2.45, 2.75) is 0 Å². The first kappa shape index (κ1) is 12.0. The molecule has 1 rings (SSSR count). The highest BCUT2D eigenvalue weighted by atomic mass is 19.2. The Morgan fingerprint density at radius 2 is 2.12 bits per heavy atom. The Morgan fingerprint density at radius 3 is 2.75 bits per heavy atom. The number of primary amides is 1. The van der Waals surface area contributed by atoms with Crippen LogP contribution in [0, 0.1) is 11.6 Å². The molecular formula is C9H11F2N3O2. The minimum Gasteiger partial charge on any atom is -0.448 e. The van der Waals surface area contributed by atoms with E-state index in [0.29, 0.717) is 0 Å². The third-order valence-corrected chi connectivity index (χ3v) is 1.78. The van der Waals surface area contributed by atoms with Gasteiger partial charge in [-0.3, -0.25) is 0 Å². The van der Waals surface area contributed by atoms with Gasteiger partial charge in [0.2, 0.25) is 0 Å². The number of nitrogens with one attached hydrogen (secondary N) is 1. The molecule has 5 N–H and O–H groups in total. The Morgan fingerprint density at radius 1 is 1.44 bits per heavy atom. The molecule has 0 aliphatic rings. The van der Waals surface area contributed by atoms with E-state index < -0.39 is 17.7 Å². The number of amides is 1. The molecule has 1 aromatic carbocycles. The van der Waals surface area contributed by atoms with E-state index in [1.165, 1.54) is 6.07 Å². The first-order valence-electron chi connectivity index (χ1n) is 4.42. The van der Waals surface area contributed by atoms with Crippen molar-refractivity contribution in [2.24, 2.45) is 5.73 Å². The number of benzene rings is 1. The molecule has 0 spiro atoms. The van der Waals surface area contributed by atoms with E-state index in [2.05, 4.69) is 10.1 Å². The molecule has 0 aromatic heterocycles. The van der Waals surface area contributed by atoms with Crippen LogP contribution in [0.5, 0.6) is 0 Å². The number of anilines is 2. The highest BCUT2D eigenvalue weighted by molar-refractivity contribution is 5.67. The summed E-state index contributed by atoms with van der Waals surface area (Å²) in [5, 5.41) is 2.50. The molecular weight excluding hydrogens is 220 g/mol. The van der Waals surface area contributed by atoms with Crippen molar-refractivity contribution in [3.63, 3.8) is 0 Å². The smallest absolute Gasteiger partial charge is 0.404 e. The van der Waals surface area contributed by atoms with E-state index in [1.54, 1.807) is 0 Å². The molecule has 0 unspecified atom stereocenters. The van der Waals surface area contributed by atoms with Crippen molar-refractivity contribution in [1.82, 2.24) is 0 Å². The second-order valence-corrected chi connectivity index (χ2v) is 2.92. The zero-order valence-electron chi connectivity index (χ0n) is 8.30. The molecule has 0 saturated heterocycles. The minimum atomic E-state index is -1.07. The monoisotopic (exact) mass is 231 g/mol. The summed E-state index contributed by atoms with van der Waals surface area (Å²) in [7, 11) is 0. The van der Waals surface area contributed by atoms with Crippen LogP contribution in [0.1, 0.15) is 0 Å². The lowest BCUT2D eigenvalue weighted by Gasteiger charge is -2.10. The van der Waals surface area contributed by atoms with E-state index >= 15 is 0 Å². The van der Waals surface area contributed by atoms with Gasteiger partial charge in [0.15, 0.2) is 11.6 Å². The van der Waals surface area contributed by atoms with Gasteiger partial charge in [-0.15, -0.1) is 0 Å². The van der Waals surface area contributed by atoms with Crippen LogP contribution in [0.2, 0.25) is 0 Å². The summed E-state index contributed by atoms with van der Waals surface area (Å²) in [5.74, 6) is -2.08. The molecule has 7 heteroatoms. The van der Waals surface area contributed by atoms with Gasteiger partial charge in [-0.05, 0) is 12.1 Å². The molecule has 0 radical (unpaired) electrons. The number of halogens is 2. The molecule has 0 bridgehead atoms. The van der Waals surface area contributed by atoms with E-state index in [1.807, 2.05) is 0 Å². The van der Waals surface area contributed by atoms with Gasteiger partial charge in [-0.1, -0.05) is 0 Å². The van der Waals surface area contributed by atoms with E-state index in [0.717, 1.165) is 6.07 Å². The lowest BCUT2D eigenvalue weighted by Crippen LogP contribution is -2.19. The molecule has 0 saturated carbocycles. The summed E-state index contributed by atoms with van der Waals surface area (Å²) in [6, 6.07) is 2.16. The molecule has 5 nitrogen and oxygen atoms in total. The number of nitrogens with two attached hydrogens (primary N) is 2. The van der Waals surface area contributed by atoms with Gasteiger partial charge >= 0.3 is 6.09 Å². The van der Waals surface area contributed by atoms with Gasteiger partial charge < -0.3 is 21.5 Å². The molecule has 16 heavy (non-hydrogen) atoms. The Bertz CT molecular complexity index is 399. The molecule has 88 valence electrons. The van der Waals surface area contributed by atoms with Gasteiger partial charge in [-0.25, -0.2) is 13.6 Å². The Kier molecular flexibility index (Phi) is 3.87. The van der Waals surface area contributed by atoms with Gasteiger partial charge in [0, 0.05) is 6.54 Å². The third-order valence-electron chi connectivity index (χ3n) is 1.78. The SMILES string of the molecule is NC(=O)OCCNc1c(N)ccc(F)c1F. The number of rotatable bonds is 4. The summed E-state index contributed by atoms with van der Waals surface area (Å²) in [6.07, 6.45) is -0.936. The average molecular weight is 231 g/mol. The van der Waals surface area contributed by atoms with Crippen molar-refractivity contribution in [1.29, 1.82) is 0 Å². The Hall–Kier alpha value is -2.05. The molecule has 1 aromatic rings. The van der Waals surface area contributed by atoms with Crippen LogP contribution >= 0.6 is 0 Å². The van der Waals surface area contributed by atoms with E-state index in [-0.39, 0.29) is 24.5 Å². The lowest BCUT2D eigenvalue weighted by atomic mass is 10.2. The van der Waals surface area contributed by atoms with Crippen molar-refractivity contribution in [2.75, 3.05) is 24.2 Å². The topological polar surface area (TPSA) is 90.4 Å². The van der Waals surface area contributed by atoms with E-state index in [4.69, 9.17) is 11.5 Å². The maximum absolute atomic E-state index is 13.2. The first-order valence-corrected chi connectivity index (χ1v) is 4.42. The number of hydrogen-bond acceptors (Lipinski definition) is 4. The fourth-order valence-electron chi connectivity index (χ4n) is 1.07. The molecule has 1 amide bonds. The van der Waals surface area contributed by atoms with Crippen molar-refractivity contribution in [3.8, 4) is 0 Å². The van der Waals surface area contributed by atoms with Crippen LogP contribution < -0.4 is 16.8 Å². The average Bonchev–Trinajstić information content (AvgIpc) is 2.22. The highest BCUT2D eigenvalue weighted by Crippen LogP contribution is 2.24. The molecule has 0 aliphatic carbocycles. The van der Waals surface area contributed by atoms with Gasteiger partial charge in [-0.2, -0.15) is 0 Å². The van der Waals surface area contributed by atoms with Crippen LogP contribution in [0.4, 0.5) is 25.0 Å². The molecule has 0 atom stereocenters. The fraction of sp³-hybridized carbons (Fsp3) is 0.222. The van der Waals surface area contributed by atoms with Crippen LogP contribution in [0.3, 0.4) is 0 Å². The number of hydrogen-bond donors (Lipinski definition) is 3. The van der Waals surface area contributed by atoms with Gasteiger partial charge in [0.25, 0.3) is 0 Å². The zero-order valence-corrected chi connectivity index (χ0v) is 8.30. The summed E-state index contributed by atoms with van der Waals surface area (Å²) in [5.41, 5.74) is 10.0. The summed E-state index contributed by atoms with van der Waals surface area (Å²) < 4.78 is 30.4. The van der Waals surface area contributed by atoms with Crippen molar-refractivity contribution in [3.05, 3.63) is 23.8 Å². The largest absolute Gasteiger partial charge is 0.448 e. The summed E-state index contributed by atoms with van der Waals surface area (Å²) in [6.45, 7) is 0.0121. The van der Waals surface area contributed by atoms with Crippen LogP contribution in [-0.4, -0.2) is 19.2 Å². The molecule has 0 aliphatic heterocycles. The Labute approximate surface area is 90.4 Å². The molecule has 0 fully saturated rings. The van der Waals surface area contributed by atoms with Gasteiger partial charge in [0.05, 0.1) is 11.4 Å². The summed E-state index contributed by atoms with van der Waals surface area (Å²) >= 11 is 0. The maximum atomic E-state index is 13.2. The summed E-state index contributed by atoms with van der Waals surface area (Å²) in [4.78, 5) is 10.2. The second kappa shape index (κ2) is 5.15. The van der Waals surface area contributed by atoms with Crippen molar-refractivity contribution < 1.29 is 18.3 Å². The predicted octanol–water partition coefficient (Wildman–Crippen LogP) is 1.05. The number of carbonyl (C=O) groups is 1. The Balaban J connectivity index is 2.60. The fourth-order valence-corrected chi connectivity index (χ4v) is 1.07. The van der Waals surface area contributed by atoms with Crippen LogP contribution in [0.25, 0.3) is 0 Å². The number of carbonyl (C=O) groups excluding carboxylic acids is 1. The standard InChI is InChI=1S/C9H11F2N3O2/c10-5-1-2-6(12)8(7(5)11)14-3-4-16-9(13)15/h1-2,14H,3-4,12H2,(H2,13,15).